The SMILES string of the molecule is CCCCS(=O)(=O)Nc1ccc(S(=O)(=O)N2CCCCC2C)cc1. The lowest BCUT2D eigenvalue weighted by molar-refractivity contribution is 0.268. The fourth-order valence-electron chi connectivity index (χ4n) is 2.82. The number of unbranched alkanes of at least 4 members (excludes halogenated alkanes) is 1. The fraction of sp³-hybridized carbons (Fsp3) is 0.625. The van der Waals surface area contributed by atoms with Crippen molar-refractivity contribution in [3.8, 4) is 0 Å². The van der Waals surface area contributed by atoms with Crippen LogP contribution in [0.3, 0.4) is 0 Å². The molecule has 8 heteroatoms. The highest BCUT2D eigenvalue weighted by molar-refractivity contribution is 7.92. The molecule has 1 aliphatic heterocycles. The average molecular weight is 375 g/mol. The van der Waals surface area contributed by atoms with Gasteiger partial charge in [-0.15, -0.1) is 0 Å². The molecule has 24 heavy (non-hydrogen) atoms. The van der Waals surface area contributed by atoms with Crippen molar-refractivity contribution in [1.29, 1.82) is 0 Å². The van der Waals surface area contributed by atoms with E-state index in [4.69, 9.17) is 0 Å². The fourth-order valence-corrected chi connectivity index (χ4v) is 5.79. The van der Waals surface area contributed by atoms with Crippen molar-refractivity contribution in [3.05, 3.63) is 24.3 Å². The molecule has 1 aromatic carbocycles. The van der Waals surface area contributed by atoms with E-state index in [1.54, 1.807) is 0 Å². The summed E-state index contributed by atoms with van der Waals surface area (Å²) in [6.45, 7) is 4.39. The van der Waals surface area contributed by atoms with Crippen LogP contribution >= 0.6 is 0 Å². The molecular formula is C16H26N2O4S2. The first-order chi connectivity index (χ1) is 11.3. The van der Waals surface area contributed by atoms with Gasteiger partial charge in [-0.25, -0.2) is 16.8 Å². The molecule has 1 unspecified atom stereocenters. The minimum atomic E-state index is -3.53. The van der Waals surface area contributed by atoms with E-state index in [1.807, 2.05) is 13.8 Å². The first-order valence-electron chi connectivity index (χ1n) is 8.38. The first-order valence-corrected chi connectivity index (χ1v) is 11.5. The van der Waals surface area contributed by atoms with Gasteiger partial charge in [-0.05, 0) is 50.5 Å². The van der Waals surface area contributed by atoms with Gasteiger partial charge in [0.05, 0.1) is 10.6 Å². The summed E-state index contributed by atoms with van der Waals surface area (Å²) in [6.07, 6.45) is 4.18. The Bertz CT molecular complexity index is 743. The Hall–Kier alpha value is -1.12. The molecule has 1 saturated heterocycles. The van der Waals surface area contributed by atoms with Gasteiger partial charge in [0.25, 0.3) is 0 Å². The Kier molecular flexibility index (Phi) is 6.28. The Morgan fingerprint density at radius 2 is 1.79 bits per heavy atom. The van der Waals surface area contributed by atoms with Gasteiger partial charge in [0, 0.05) is 18.3 Å². The number of hydrogen-bond acceptors (Lipinski definition) is 4. The summed E-state index contributed by atoms with van der Waals surface area (Å²) in [5.74, 6) is 0.0643. The number of anilines is 1. The number of benzene rings is 1. The van der Waals surface area contributed by atoms with Crippen LogP contribution in [0.15, 0.2) is 29.2 Å². The second-order valence-electron chi connectivity index (χ2n) is 6.26. The standard InChI is InChI=1S/C16H26N2O4S2/c1-3-4-13-23(19,20)17-15-8-10-16(11-9-15)24(21,22)18-12-6-5-7-14(18)2/h8-11,14,17H,3-7,12-13H2,1-2H3. The molecule has 1 aliphatic rings. The molecule has 0 aliphatic carbocycles. The smallest absolute Gasteiger partial charge is 0.243 e. The Morgan fingerprint density at radius 1 is 1.12 bits per heavy atom. The van der Waals surface area contributed by atoms with Gasteiger partial charge < -0.3 is 0 Å². The van der Waals surface area contributed by atoms with Gasteiger partial charge in [0.2, 0.25) is 20.0 Å². The van der Waals surface area contributed by atoms with Crippen molar-refractivity contribution < 1.29 is 16.8 Å². The van der Waals surface area contributed by atoms with Crippen molar-refractivity contribution in [3.63, 3.8) is 0 Å². The zero-order valence-electron chi connectivity index (χ0n) is 14.2. The normalized spacial score (nSPS) is 20.0. The number of hydrogen-bond donors (Lipinski definition) is 1. The number of piperidine rings is 1. The van der Waals surface area contributed by atoms with Gasteiger partial charge in [0.15, 0.2) is 0 Å². The maximum atomic E-state index is 12.7. The molecule has 6 nitrogen and oxygen atoms in total. The number of sulfonamides is 2. The minimum Gasteiger partial charge on any atom is -0.284 e. The van der Waals surface area contributed by atoms with Crippen LogP contribution in [0.2, 0.25) is 0 Å². The molecule has 2 rings (SSSR count). The number of nitrogens with one attached hydrogen (secondary N) is 1. The topological polar surface area (TPSA) is 83.5 Å². The molecule has 1 heterocycles. The average Bonchev–Trinajstić information content (AvgIpc) is 2.53. The molecule has 0 aromatic heterocycles. The van der Waals surface area contributed by atoms with Crippen LogP contribution in [0.1, 0.15) is 46.0 Å². The molecule has 1 N–H and O–H groups in total. The summed E-state index contributed by atoms with van der Waals surface area (Å²) in [6, 6.07) is 5.94. The van der Waals surface area contributed by atoms with E-state index in [-0.39, 0.29) is 16.7 Å². The largest absolute Gasteiger partial charge is 0.284 e. The predicted molar refractivity (Wildman–Crippen MR) is 96.0 cm³/mol. The van der Waals surface area contributed by atoms with Crippen molar-refractivity contribution in [1.82, 2.24) is 4.31 Å². The zero-order valence-corrected chi connectivity index (χ0v) is 15.9. The highest BCUT2D eigenvalue weighted by Crippen LogP contribution is 2.26. The molecular weight excluding hydrogens is 348 g/mol. The second-order valence-corrected chi connectivity index (χ2v) is 9.99. The summed E-state index contributed by atoms with van der Waals surface area (Å²) < 4.78 is 53.3. The molecule has 0 spiro atoms. The van der Waals surface area contributed by atoms with Crippen molar-refractivity contribution in [2.75, 3.05) is 17.0 Å². The molecule has 1 aromatic rings. The lowest BCUT2D eigenvalue weighted by Gasteiger charge is -2.32. The highest BCUT2D eigenvalue weighted by atomic mass is 32.2. The summed E-state index contributed by atoms with van der Waals surface area (Å²) in [5.41, 5.74) is 0.386. The van der Waals surface area contributed by atoms with Crippen LogP contribution in [0, 0.1) is 0 Å². The molecule has 0 saturated carbocycles. The number of nitrogens with zero attached hydrogens (tertiary/aromatic N) is 1. The van der Waals surface area contributed by atoms with E-state index >= 15 is 0 Å². The van der Waals surface area contributed by atoms with E-state index in [0.717, 1.165) is 25.7 Å². The summed E-state index contributed by atoms with van der Waals surface area (Å²) >= 11 is 0. The summed E-state index contributed by atoms with van der Waals surface area (Å²) in [4.78, 5) is 0.202. The summed E-state index contributed by atoms with van der Waals surface area (Å²) in [7, 11) is -6.91. The van der Waals surface area contributed by atoms with E-state index in [2.05, 4.69) is 4.72 Å². The van der Waals surface area contributed by atoms with E-state index in [1.165, 1.54) is 28.6 Å². The van der Waals surface area contributed by atoms with Gasteiger partial charge in [0.1, 0.15) is 0 Å². The first kappa shape index (κ1) is 19.2. The Labute approximate surface area is 145 Å². The van der Waals surface area contributed by atoms with Crippen LogP contribution in [0.4, 0.5) is 5.69 Å². The van der Waals surface area contributed by atoms with E-state index in [9.17, 15) is 16.8 Å². The molecule has 0 amide bonds. The van der Waals surface area contributed by atoms with Crippen molar-refractivity contribution in [2.45, 2.75) is 56.9 Å². The molecule has 1 atom stereocenters. The predicted octanol–water partition coefficient (Wildman–Crippen LogP) is 2.79. The third kappa shape index (κ3) is 4.70. The summed E-state index contributed by atoms with van der Waals surface area (Å²) in [5, 5.41) is 0. The molecule has 1 fully saturated rings. The van der Waals surface area contributed by atoms with Crippen LogP contribution in [0.25, 0.3) is 0 Å². The Morgan fingerprint density at radius 3 is 2.38 bits per heavy atom. The maximum Gasteiger partial charge on any atom is 0.243 e. The minimum absolute atomic E-state index is 0.00373. The van der Waals surface area contributed by atoms with Crippen LogP contribution in [-0.2, 0) is 20.0 Å². The second kappa shape index (κ2) is 7.84. The molecule has 0 bridgehead atoms. The third-order valence-electron chi connectivity index (χ3n) is 4.24. The van der Waals surface area contributed by atoms with Crippen LogP contribution in [-0.4, -0.2) is 39.5 Å². The quantitative estimate of drug-likeness (QED) is 0.795. The third-order valence-corrected chi connectivity index (χ3v) is 7.64. The highest BCUT2D eigenvalue weighted by Gasteiger charge is 2.30. The van der Waals surface area contributed by atoms with Gasteiger partial charge in [-0.2, -0.15) is 4.31 Å². The monoisotopic (exact) mass is 374 g/mol. The van der Waals surface area contributed by atoms with Crippen molar-refractivity contribution >= 4 is 25.7 Å². The molecule has 0 radical (unpaired) electrons. The van der Waals surface area contributed by atoms with E-state index < -0.39 is 20.0 Å². The maximum absolute atomic E-state index is 12.7. The van der Waals surface area contributed by atoms with E-state index in [0.29, 0.717) is 18.7 Å². The van der Waals surface area contributed by atoms with Crippen molar-refractivity contribution in [2.24, 2.45) is 0 Å². The van der Waals surface area contributed by atoms with Crippen LogP contribution in [0.5, 0.6) is 0 Å². The lowest BCUT2D eigenvalue weighted by atomic mass is 10.1. The van der Waals surface area contributed by atoms with Gasteiger partial charge in [-0.3, -0.25) is 4.72 Å². The van der Waals surface area contributed by atoms with Gasteiger partial charge in [-0.1, -0.05) is 19.8 Å². The molecule has 136 valence electrons. The zero-order chi connectivity index (χ0) is 17.8. The van der Waals surface area contributed by atoms with Crippen LogP contribution < -0.4 is 4.72 Å². The van der Waals surface area contributed by atoms with Gasteiger partial charge >= 0.3 is 0 Å². The number of rotatable bonds is 7. The Balaban J connectivity index is 2.14. The lowest BCUT2D eigenvalue weighted by Crippen LogP contribution is -2.41.